The lowest BCUT2D eigenvalue weighted by atomic mass is 9.86. The Labute approximate surface area is 174 Å². The molecule has 150 valence electrons. The molecule has 0 saturated carbocycles. The van der Waals surface area contributed by atoms with Crippen LogP contribution >= 0.6 is 11.6 Å². The molecule has 7 nitrogen and oxygen atoms in total. The third-order valence-corrected chi connectivity index (χ3v) is 5.00. The maximum atomic E-state index is 12.5. The Bertz CT molecular complexity index is 1030. The number of rotatable bonds is 5. The predicted octanol–water partition coefficient (Wildman–Crippen LogP) is 4.13. The average molecular weight is 412 g/mol. The zero-order chi connectivity index (χ0) is 20.5. The summed E-state index contributed by atoms with van der Waals surface area (Å²) < 4.78 is 7.38. The molecule has 4 rings (SSSR count). The highest BCUT2D eigenvalue weighted by Crippen LogP contribution is 2.40. The highest BCUT2D eigenvalue weighted by Gasteiger charge is 2.33. The topological polar surface area (TPSA) is 81.9 Å². The summed E-state index contributed by atoms with van der Waals surface area (Å²) >= 11 is 5.84. The molecule has 8 heteroatoms. The van der Waals surface area contributed by atoms with Crippen molar-refractivity contribution in [2.45, 2.75) is 33.1 Å². The van der Waals surface area contributed by atoms with E-state index in [2.05, 4.69) is 34.5 Å². The molecular formula is C21H22ClN5O2. The van der Waals surface area contributed by atoms with Crippen LogP contribution in [0, 0.1) is 12.8 Å². The van der Waals surface area contributed by atoms with E-state index in [-0.39, 0.29) is 11.8 Å². The van der Waals surface area contributed by atoms with Crippen LogP contribution in [0.25, 0.3) is 5.82 Å². The SMILES string of the molecule is Cc1nn(-c2ccc(Cl)nn2)c2c1[C@H](c1ccc(OCC(C)C)cc1)CC(=O)N2. The summed E-state index contributed by atoms with van der Waals surface area (Å²) in [6.45, 7) is 6.83. The van der Waals surface area contributed by atoms with Gasteiger partial charge in [-0.25, -0.2) is 0 Å². The van der Waals surface area contributed by atoms with Crippen molar-refractivity contribution in [2.24, 2.45) is 5.92 Å². The number of anilines is 1. The molecule has 0 fully saturated rings. The number of nitrogens with zero attached hydrogens (tertiary/aromatic N) is 4. The van der Waals surface area contributed by atoms with Crippen LogP contribution in [0.5, 0.6) is 5.75 Å². The number of aryl methyl sites for hydroxylation is 1. The second kappa shape index (κ2) is 7.83. The van der Waals surface area contributed by atoms with E-state index in [0.29, 0.717) is 35.7 Å². The standard InChI is InChI=1S/C21H22ClN5O2/c1-12(2)11-29-15-6-4-14(5-7-15)16-10-19(28)23-21-20(16)13(3)26-27(21)18-9-8-17(22)24-25-18/h4-9,12,16H,10-11H2,1-3H3,(H,23,28)/t16-/m0/s1. The number of benzene rings is 1. The second-order valence-corrected chi connectivity index (χ2v) is 7.94. The number of aromatic nitrogens is 4. The number of carbonyl (C=O) groups excluding carboxylic acids is 1. The Morgan fingerprint density at radius 3 is 2.62 bits per heavy atom. The Morgan fingerprint density at radius 2 is 1.97 bits per heavy atom. The maximum Gasteiger partial charge on any atom is 0.226 e. The van der Waals surface area contributed by atoms with Gasteiger partial charge in [-0.2, -0.15) is 9.78 Å². The van der Waals surface area contributed by atoms with Crippen molar-refractivity contribution in [3.05, 3.63) is 58.4 Å². The number of halogens is 1. The van der Waals surface area contributed by atoms with Crippen LogP contribution in [0.2, 0.25) is 5.15 Å². The zero-order valence-corrected chi connectivity index (χ0v) is 17.3. The van der Waals surface area contributed by atoms with E-state index in [1.807, 2.05) is 31.2 Å². The molecule has 1 N–H and O–H groups in total. The van der Waals surface area contributed by atoms with Gasteiger partial charge in [0.25, 0.3) is 0 Å². The van der Waals surface area contributed by atoms with Crippen molar-refractivity contribution >= 4 is 23.3 Å². The maximum absolute atomic E-state index is 12.5. The van der Waals surface area contributed by atoms with Crippen molar-refractivity contribution in [3.8, 4) is 11.6 Å². The summed E-state index contributed by atoms with van der Waals surface area (Å²) in [5.41, 5.74) is 2.86. The number of ether oxygens (including phenoxy) is 1. The molecule has 2 aromatic heterocycles. The van der Waals surface area contributed by atoms with Gasteiger partial charge in [0, 0.05) is 17.9 Å². The van der Waals surface area contributed by atoms with Crippen LogP contribution < -0.4 is 10.1 Å². The summed E-state index contributed by atoms with van der Waals surface area (Å²) in [6.07, 6.45) is 0.359. The number of amides is 1. The Kier molecular flexibility index (Phi) is 5.24. The van der Waals surface area contributed by atoms with Crippen molar-refractivity contribution in [3.63, 3.8) is 0 Å². The van der Waals surface area contributed by atoms with E-state index in [0.717, 1.165) is 22.6 Å². The van der Waals surface area contributed by atoms with E-state index < -0.39 is 0 Å². The minimum absolute atomic E-state index is 0.0642. The normalized spacial score (nSPS) is 15.9. The second-order valence-electron chi connectivity index (χ2n) is 7.55. The number of nitrogens with one attached hydrogen (secondary N) is 1. The van der Waals surface area contributed by atoms with Crippen molar-refractivity contribution in [1.82, 2.24) is 20.0 Å². The quantitative estimate of drug-likeness (QED) is 0.682. The number of hydrogen-bond acceptors (Lipinski definition) is 5. The largest absolute Gasteiger partial charge is 0.493 e. The predicted molar refractivity (Wildman–Crippen MR) is 111 cm³/mol. The Morgan fingerprint density at radius 1 is 1.21 bits per heavy atom. The van der Waals surface area contributed by atoms with E-state index in [9.17, 15) is 4.79 Å². The Hall–Kier alpha value is -2.93. The summed E-state index contributed by atoms with van der Waals surface area (Å²) in [5, 5.41) is 15.8. The fourth-order valence-electron chi connectivity index (χ4n) is 3.48. The van der Waals surface area contributed by atoms with Crippen molar-refractivity contribution in [2.75, 3.05) is 11.9 Å². The van der Waals surface area contributed by atoms with E-state index >= 15 is 0 Å². The molecule has 1 atom stereocenters. The molecule has 3 aromatic rings. The minimum Gasteiger partial charge on any atom is -0.493 e. The third-order valence-electron chi connectivity index (χ3n) is 4.80. The smallest absolute Gasteiger partial charge is 0.226 e. The van der Waals surface area contributed by atoms with E-state index in [1.54, 1.807) is 16.8 Å². The molecule has 0 radical (unpaired) electrons. The van der Waals surface area contributed by atoms with E-state index in [1.165, 1.54) is 0 Å². The van der Waals surface area contributed by atoms with Crippen LogP contribution in [0.1, 0.15) is 43.0 Å². The first-order valence-electron chi connectivity index (χ1n) is 9.54. The lowest BCUT2D eigenvalue weighted by Crippen LogP contribution is -2.25. The van der Waals surface area contributed by atoms with Gasteiger partial charge in [0.15, 0.2) is 11.0 Å². The lowest BCUT2D eigenvalue weighted by Gasteiger charge is -2.24. The molecule has 0 saturated heterocycles. The number of hydrogen-bond donors (Lipinski definition) is 1. The first-order valence-corrected chi connectivity index (χ1v) is 9.92. The summed E-state index contributed by atoms with van der Waals surface area (Å²) in [5.74, 6) is 2.26. The molecule has 0 unspecified atom stereocenters. The van der Waals surface area contributed by atoms with E-state index in [4.69, 9.17) is 16.3 Å². The first kappa shape index (κ1) is 19.4. The molecule has 0 bridgehead atoms. The van der Waals surface area contributed by atoms with Crippen LogP contribution in [0.4, 0.5) is 5.82 Å². The molecule has 0 aliphatic carbocycles. The van der Waals surface area contributed by atoms with Crippen LogP contribution in [0.3, 0.4) is 0 Å². The molecule has 1 aliphatic heterocycles. The first-order chi connectivity index (χ1) is 13.9. The van der Waals surface area contributed by atoms with Gasteiger partial charge in [0.05, 0.1) is 12.3 Å². The monoisotopic (exact) mass is 411 g/mol. The molecule has 1 amide bonds. The van der Waals surface area contributed by atoms with Crippen molar-refractivity contribution < 1.29 is 9.53 Å². The van der Waals surface area contributed by atoms with Crippen molar-refractivity contribution in [1.29, 1.82) is 0 Å². The number of carbonyl (C=O) groups is 1. The van der Waals surface area contributed by atoms with Crippen LogP contribution in [0.15, 0.2) is 36.4 Å². The molecule has 1 aromatic carbocycles. The molecule has 29 heavy (non-hydrogen) atoms. The van der Waals surface area contributed by atoms with Gasteiger partial charge in [-0.1, -0.05) is 37.6 Å². The summed E-state index contributed by atoms with van der Waals surface area (Å²) in [6, 6.07) is 11.3. The van der Waals surface area contributed by atoms with Crippen LogP contribution in [-0.4, -0.2) is 32.5 Å². The van der Waals surface area contributed by atoms with Gasteiger partial charge in [-0.15, -0.1) is 10.2 Å². The molecule has 3 heterocycles. The third kappa shape index (κ3) is 3.96. The van der Waals surface area contributed by atoms with Gasteiger partial charge < -0.3 is 10.1 Å². The average Bonchev–Trinajstić information content (AvgIpc) is 3.03. The highest BCUT2D eigenvalue weighted by molar-refractivity contribution is 6.29. The minimum atomic E-state index is -0.0908. The fraction of sp³-hybridized carbons (Fsp3) is 0.333. The summed E-state index contributed by atoms with van der Waals surface area (Å²) in [4.78, 5) is 12.5. The molecule has 1 aliphatic rings. The van der Waals surface area contributed by atoms with Gasteiger partial charge in [0.2, 0.25) is 5.91 Å². The molecule has 0 spiro atoms. The summed E-state index contributed by atoms with van der Waals surface area (Å²) in [7, 11) is 0. The fourth-order valence-corrected chi connectivity index (χ4v) is 3.58. The van der Waals surface area contributed by atoms with Gasteiger partial charge in [0.1, 0.15) is 11.6 Å². The van der Waals surface area contributed by atoms with Gasteiger partial charge >= 0.3 is 0 Å². The van der Waals surface area contributed by atoms with Gasteiger partial charge in [-0.3, -0.25) is 4.79 Å². The van der Waals surface area contributed by atoms with Crippen LogP contribution in [-0.2, 0) is 4.79 Å². The number of fused-ring (bicyclic) bond motifs is 1. The Balaban J connectivity index is 1.69. The zero-order valence-electron chi connectivity index (χ0n) is 16.5. The van der Waals surface area contributed by atoms with Gasteiger partial charge in [-0.05, 0) is 42.7 Å². The lowest BCUT2D eigenvalue weighted by molar-refractivity contribution is -0.116. The molecular weight excluding hydrogens is 390 g/mol. The highest BCUT2D eigenvalue weighted by atomic mass is 35.5.